The monoisotopic (exact) mass is 457 g/mol. The third-order valence-electron chi connectivity index (χ3n) is 4.61. The Morgan fingerprint density at radius 1 is 1.16 bits per heavy atom. The largest absolute Gasteiger partial charge is 0.486 e. The fraction of sp³-hybridized carbons (Fsp3) is 0.261. The minimum Gasteiger partial charge on any atom is -0.486 e. The van der Waals surface area contributed by atoms with Gasteiger partial charge in [-0.3, -0.25) is 9.59 Å². The molecule has 0 aliphatic carbocycles. The molecule has 2 amide bonds. The van der Waals surface area contributed by atoms with Crippen LogP contribution in [0.25, 0.3) is 0 Å². The molecule has 3 rings (SSSR count). The molecule has 0 atom stereocenters. The van der Waals surface area contributed by atoms with Gasteiger partial charge in [0.05, 0.1) is 12.2 Å². The number of benzene rings is 2. The number of halogens is 1. The van der Waals surface area contributed by atoms with Gasteiger partial charge in [0.15, 0.2) is 0 Å². The number of nitrogens with one attached hydrogen (secondary N) is 1. The summed E-state index contributed by atoms with van der Waals surface area (Å²) in [5.74, 6) is 0.183. The maximum atomic E-state index is 12.9. The first-order valence-corrected chi connectivity index (χ1v) is 11.0. The van der Waals surface area contributed by atoms with Crippen LogP contribution < -0.4 is 10.1 Å². The van der Waals surface area contributed by atoms with Gasteiger partial charge in [0.1, 0.15) is 22.2 Å². The maximum Gasteiger partial charge on any atom is 0.266 e. The standard InChI is InChI=1S/C23H24ClN3O3S/c1-4-16-7-5-6-8-19(16)26-20(28)13-27(3)23(29)22-15(2)25-21(31-22)14-30-18-11-9-17(24)10-12-18/h5-12H,4,13-14H2,1-3H3,(H,26,28). The lowest BCUT2D eigenvalue weighted by Gasteiger charge is -2.17. The second-order valence-electron chi connectivity index (χ2n) is 6.98. The first-order valence-electron chi connectivity index (χ1n) is 9.85. The number of carbonyl (C=O) groups excluding carboxylic acids is 2. The molecule has 6 nitrogen and oxygen atoms in total. The highest BCUT2D eigenvalue weighted by atomic mass is 35.5. The summed E-state index contributed by atoms with van der Waals surface area (Å²) in [7, 11) is 1.61. The summed E-state index contributed by atoms with van der Waals surface area (Å²) in [5.41, 5.74) is 2.44. The van der Waals surface area contributed by atoms with E-state index in [1.54, 1.807) is 38.2 Å². The van der Waals surface area contributed by atoms with Gasteiger partial charge in [-0.1, -0.05) is 36.7 Å². The summed E-state index contributed by atoms with van der Waals surface area (Å²) in [6, 6.07) is 14.7. The lowest BCUT2D eigenvalue weighted by molar-refractivity contribution is -0.116. The van der Waals surface area contributed by atoms with Gasteiger partial charge in [0, 0.05) is 17.8 Å². The van der Waals surface area contributed by atoms with E-state index < -0.39 is 0 Å². The van der Waals surface area contributed by atoms with E-state index in [9.17, 15) is 9.59 Å². The van der Waals surface area contributed by atoms with Gasteiger partial charge in [0.25, 0.3) is 5.91 Å². The highest BCUT2D eigenvalue weighted by Crippen LogP contribution is 2.23. The number of aromatic nitrogens is 1. The van der Waals surface area contributed by atoms with E-state index in [0.29, 0.717) is 26.4 Å². The van der Waals surface area contributed by atoms with Crippen LogP contribution in [-0.4, -0.2) is 35.3 Å². The van der Waals surface area contributed by atoms with E-state index in [2.05, 4.69) is 10.3 Å². The number of thiazole rings is 1. The molecule has 1 heterocycles. The van der Waals surface area contributed by atoms with Crippen molar-refractivity contribution in [2.45, 2.75) is 26.9 Å². The van der Waals surface area contributed by atoms with Gasteiger partial charge in [-0.15, -0.1) is 11.3 Å². The minimum absolute atomic E-state index is 0.0508. The number of hydrogen-bond donors (Lipinski definition) is 1. The number of para-hydroxylation sites is 1. The molecule has 0 bridgehead atoms. The Morgan fingerprint density at radius 2 is 1.87 bits per heavy atom. The third kappa shape index (κ3) is 6.06. The highest BCUT2D eigenvalue weighted by molar-refractivity contribution is 7.13. The molecule has 8 heteroatoms. The van der Waals surface area contributed by atoms with Crippen molar-refractivity contribution in [2.75, 3.05) is 18.9 Å². The highest BCUT2D eigenvalue weighted by Gasteiger charge is 2.21. The van der Waals surface area contributed by atoms with E-state index in [0.717, 1.165) is 17.7 Å². The van der Waals surface area contributed by atoms with Gasteiger partial charge >= 0.3 is 0 Å². The zero-order chi connectivity index (χ0) is 22.4. The Bertz CT molecular complexity index is 1070. The molecule has 0 fully saturated rings. The Labute approximate surface area is 190 Å². The maximum absolute atomic E-state index is 12.9. The molecular formula is C23H24ClN3O3S. The van der Waals surface area contributed by atoms with Crippen molar-refractivity contribution in [2.24, 2.45) is 0 Å². The number of likely N-dealkylation sites (N-methyl/N-ethyl adjacent to an activating group) is 1. The van der Waals surface area contributed by atoms with Crippen molar-refractivity contribution in [3.8, 4) is 5.75 Å². The molecule has 0 spiro atoms. The third-order valence-corrected chi connectivity index (χ3v) is 5.98. The van der Waals surface area contributed by atoms with E-state index >= 15 is 0 Å². The molecule has 0 aliphatic heterocycles. The zero-order valence-electron chi connectivity index (χ0n) is 17.6. The fourth-order valence-electron chi connectivity index (χ4n) is 2.99. The topological polar surface area (TPSA) is 71.5 Å². The smallest absolute Gasteiger partial charge is 0.266 e. The van der Waals surface area contributed by atoms with Gasteiger partial charge in [-0.2, -0.15) is 0 Å². The number of amides is 2. The first-order chi connectivity index (χ1) is 14.9. The molecule has 0 unspecified atom stereocenters. The average Bonchev–Trinajstić information content (AvgIpc) is 3.13. The first kappa shape index (κ1) is 22.8. The average molecular weight is 458 g/mol. The van der Waals surface area contributed by atoms with Crippen LogP contribution in [0, 0.1) is 6.92 Å². The second-order valence-corrected chi connectivity index (χ2v) is 8.50. The number of hydrogen-bond acceptors (Lipinski definition) is 5. The number of nitrogens with zero attached hydrogens (tertiary/aromatic N) is 2. The summed E-state index contributed by atoms with van der Waals surface area (Å²) >= 11 is 7.15. The van der Waals surface area contributed by atoms with Crippen molar-refractivity contribution < 1.29 is 14.3 Å². The lowest BCUT2D eigenvalue weighted by Crippen LogP contribution is -2.35. The van der Waals surface area contributed by atoms with E-state index in [1.165, 1.54) is 16.2 Å². The summed E-state index contributed by atoms with van der Waals surface area (Å²) in [4.78, 5) is 31.6. The molecule has 0 saturated heterocycles. The molecule has 31 heavy (non-hydrogen) atoms. The van der Waals surface area contributed by atoms with Gasteiger partial charge in [-0.25, -0.2) is 4.98 Å². The Hall–Kier alpha value is -2.90. The van der Waals surface area contributed by atoms with Crippen molar-refractivity contribution >= 4 is 40.4 Å². The Morgan fingerprint density at radius 3 is 2.58 bits per heavy atom. The zero-order valence-corrected chi connectivity index (χ0v) is 19.2. The number of ether oxygens (including phenoxy) is 1. The van der Waals surface area contributed by atoms with Crippen LogP contribution in [0.3, 0.4) is 0 Å². The van der Waals surface area contributed by atoms with Crippen LogP contribution in [-0.2, 0) is 17.8 Å². The molecule has 1 N–H and O–H groups in total. The van der Waals surface area contributed by atoms with Crippen LogP contribution in [0.1, 0.15) is 32.9 Å². The van der Waals surface area contributed by atoms with Gasteiger partial charge in [0.2, 0.25) is 5.91 Å². The predicted molar refractivity (Wildman–Crippen MR) is 124 cm³/mol. The SMILES string of the molecule is CCc1ccccc1NC(=O)CN(C)C(=O)c1sc(COc2ccc(Cl)cc2)nc1C. The summed E-state index contributed by atoms with van der Waals surface area (Å²) in [5, 5.41) is 4.21. The molecule has 1 aromatic heterocycles. The summed E-state index contributed by atoms with van der Waals surface area (Å²) in [6.07, 6.45) is 0.812. The molecule has 0 aliphatic rings. The van der Waals surface area contributed by atoms with Crippen molar-refractivity contribution in [3.05, 3.63) is 74.7 Å². The molecule has 3 aromatic rings. The molecule has 162 valence electrons. The summed E-state index contributed by atoms with van der Waals surface area (Å²) in [6.45, 7) is 4.01. The van der Waals surface area contributed by atoms with Gasteiger partial charge in [-0.05, 0) is 49.2 Å². The van der Waals surface area contributed by atoms with E-state index in [1.807, 2.05) is 31.2 Å². The van der Waals surface area contributed by atoms with Crippen LogP contribution >= 0.6 is 22.9 Å². The number of rotatable bonds is 8. The van der Waals surface area contributed by atoms with Crippen LogP contribution in [0.2, 0.25) is 5.02 Å². The molecular weight excluding hydrogens is 434 g/mol. The Balaban J connectivity index is 1.59. The van der Waals surface area contributed by atoms with Crippen LogP contribution in [0.4, 0.5) is 5.69 Å². The quantitative estimate of drug-likeness (QED) is 0.519. The predicted octanol–water partition coefficient (Wildman–Crippen LogP) is 4.96. The number of carbonyl (C=O) groups is 2. The normalized spacial score (nSPS) is 10.6. The molecule has 0 radical (unpaired) electrons. The van der Waals surface area contributed by atoms with Crippen LogP contribution in [0.15, 0.2) is 48.5 Å². The molecule has 0 saturated carbocycles. The summed E-state index contributed by atoms with van der Waals surface area (Å²) < 4.78 is 5.71. The number of anilines is 1. The van der Waals surface area contributed by atoms with Crippen molar-refractivity contribution in [1.29, 1.82) is 0 Å². The lowest BCUT2D eigenvalue weighted by atomic mass is 10.1. The van der Waals surface area contributed by atoms with Crippen molar-refractivity contribution in [3.63, 3.8) is 0 Å². The second kappa shape index (κ2) is 10.4. The minimum atomic E-state index is -0.245. The van der Waals surface area contributed by atoms with Crippen LogP contribution in [0.5, 0.6) is 5.75 Å². The van der Waals surface area contributed by atoms with Crippen molar-refractivity contribution in [1.82, 2.24) is 9.88 Å². The fourth-order valence-corrected chi connectivity index (χ4v) is 4.09. The van der Waals surface area contributed by atoms with E-state index in [-0.39, 0.29) is 25.0 Å². The number of aryl methyl sites for hydroxylation is 2. The van der Waals surface area contributed by atoms with E-state index in [4.69, 9.17) is 16.3 Å². The molecule has 2 aromatic carbocycles. The Kier molecular flexibility index (Phi) is 7.65. The van der Waals surface area contributed by atoms with Gasteiger partial charge < -0.3 is 15.0 Å².